The normalized spacial score (nSPS) is 20.5. The van der Waals surface area contributed by atoms with Gasteiger partial charge in [0.05, 0.1) is 11.4 Å². The van der Waals surface area contributed by atoms with Crippen molar-refractivity contribution in [1.29, 1.82) is 0 Å². The Labute approximate surface area is 142 Å². The SMILES string of the molecule is CCN=C(NS(=O)(=O)c1ccccc1)N1CC2(C=N1)CCNCC2. The molecular weight excluding hydrogens is 326 g/mol. The number of hydrogen-bond acceptors (Lipinski definition) is 5. The van der Waals surface area contributed by atoms with Gasteiger partial charge in [-0.25, -0.2) is 18.1 Å². The molecular formula is C16H23N5O2S. The summed E-state index contributed by atoms with van der Waals surface area (Å²) in [5.41, 5.74) is 0.0119. The molecule has 1 aromatic rings. The van der Waals surface area contributed by atoms with Gasteiger partial charge in [0.25, 0.3) is 10.0 Å². The molecule has 2 N–H and O–H groups in total. The molecule has 1 spiro atoms. The van der Waals surface area contributed by atoms with E-state index in [4.69, 9.17) is 0 Å². The van der Waals surface area contributed by atoms with Crippen LogP contribution < -0.4 is 10.0 Å². The number of nitrogens with zero attached hydrogens (tertiary/aromatic N) is 3. The monoisotopic (exact) mass is 349 g/mol. The third kappa shape index (κ3) is 3.59. The van der Waals surface area contributed by atoms with E-state index < -0.39 is 10.0 Å². The molecule has 0 unspecified atom stereocenters. The van der Waals surface area contributed by atoms with Crippen molar-refractivity contribution in [2.75, 3.05) is 26.2 Å². The van der Waals surface area contributed by atoms with E-state index in [1.807, 2.05) is 13.1 Å². The van der Waals surface area contributed by atoms with Crippen LogP contribution in [0.3, 0.4) is 0 Å². The van der Waals surface area contributed by atoms with E-state index >= 15 is 0 Å². The average molecular weight is 349 g/mol. The summed E-state index contributed by atoms with van der Waals surface area (Å²) in [7, 11) is -3.67. The van der Waals surface area contributed by atoms with E-state index in [-0.39, 0.29) is 16.3 Å². The second-order valence-corrected chi connectivity index (χ2v) is 7.81. The topological polar surface area (TPSA) is 86.2 Å². The zero-order chi connectivity index (χ0) is 17.0. The molecule has 1 aromatic carbocycles. The predicted octanol–water partition coefficient (Wildman–Crippen LogP) is 1.01. The minimum Gasteiger partial charge on any atom is -0.317 e. The second kappa shape index (κ2) is 6.90. The highest BCUT2D eigenvalue weighted by molar-refractivity contribution is 7.90. The Bertz CT molecular complexity index is 724. The van der Waals surface area contributed by atoms with E-state index in [1.165, 1.54) is 0 Å². The number of hydrazone groups is 1. The van der Waals surface area contributed by atoms with Gasteiger partial charge in [-0.05, 0) is 45.0 Å². The number of sulfonamides is 1. The maximum atomic E-state index is 12.6. The molecule has 1 saturated heterocycles. The first kappa shape index (κ1) is 16.9. The maximum Gasteiger partial charge on any atom is 0.264 e. The molecule has 0 aromatic heterocycles. The van der Waals surface area contributed by atoms with Crippen molar-refractivity contribution in [1.82, 2.24) is 15.0 Å². The Balaban J connectivity index is 1.77. The summed E-state index contributed by atoms with van der Waals surface area (Å²) in [4.78, 5) is 4.53. The molecule has 0 radical (unpaired) electrons. The first-order valence-electron chi connectivity index (χ1n) is 8.20. The Kier molecular flexibility index (Phi) is 4.86. The summed E-state index contributed by atoms with van der Waals surface area (Å²) < 4.78 is 27.7. The van der Waals surface area contributed by atoms with Gasteiger partial charge in [0, 0.05) is 18.2 Å². The fourth-order valence-electron chi connectivity index (χ4n) is 3.01. The van der Waals surface area contributed by atoms with Crippen LogP contribution in [0.15, 0.2) is 45.3 Å². The van der Waals surface area contributed by atoms with Crippen LogP contribution in [-0.2, 0) is 10.0 Å². The van der Waals surface area contributed by atoms with Crippen molar-refractivity contribution in [3.8, 4) is 0 Å². The molecule has 2 aliphatic rings. The number of aliphatic imine (C=N–C) groups is 1. The Morgan fingerprint density at radius 2 is 2.04 bits per heavy atom. The molecule has 2 aliphatic heterocycles. The van der Waals surface area contributed by atoms with E-state index in [9.17, 15) is 8.42 Å². The lowest BCUT2D eigenvalue weighted by Gasteiger charge is -2.32. The number of hydrogen-bond donors (Lipinski definition) is 2. The highest BCUT2D eigenvalue weighted by atomic mass is 32.2. The van der Waals surface area contributed by atoms with Gasteiger partial charge in [0.2, 0.25) is 5.96 Å². The second-order valence-electron chi connectivity index (χ2n) is 6.13. The predicted molar refractivity (Wildman–Crippen MR) is 94.5 cm³/mol. The number of piperidine rings is 1. The van der Waals surface area contributed by atoms with Gasteiger partial charge < -0.3 is 5.32 Å². The zero-order valence-electron chi connectivity index (χ0n) is 13.8. The molecule has 0 atom stereocenters. The maximum absolute atomic E-state index is 12.6. The van der Waals surface area contributed by atoms with Crippen LogP contribution in [0, 0.1) is 5.41 Å². The first-order chi connectivity index (χ1) is 11.5. The van der Waals surface area contributed by atoms with Crippen LogP contribution >= 0.6 is 0 Å². The van der Waals surface area contributed by atoms with Crippen molar-refractivity contribution in [2.45, 2.75) is 24.7 Å². The van der Waals surface area contributed by atoms with Gasteiger partial charge in [0.1, 0.15) is 0 Å². The molecule has 3 rings (SSSR count). The standard InChI is InChI=1S/C16H23N5O2S/c1-2-18-15(20-24(22,23)14-6-4-3-5-7-14)21-13-16(12-19-21)8-10-17-11-9-16/h3-7,12,17H,2,8-11,13H2,1H3,(H,18,20). The lowest BCUT2D eigenvalue weighted by molar-refractivity contribution is 0.265. The third-order valence-electron chi connectivity index (χ3n) is 4.37. The zero-order valence-corrected chi connectivity index (χ0v) is 14.6. The van der Waals surface area contributed by atoms with Gasteiger partial charge in [-0.2, -0.15) is 5.10 Å². The minimum atomic E-state index is -3.67. The van der Waals surface area contributed by atoms with Crippen molar-refractivity contribution >= 4 is 22.2 Å². The van der Waals surface area contributed by atoms with Crippen LogP contribution in [0.2, 0.25) is 0 Å². The fraction of sp³-hybridized carbons (Fsp3) is 0.500. The van der Waals surface area contributed by atoms with Gasteiger partial charge in [-0.1, -0.05) is 18.2 Å². The van der Waals surface area contributed by atoms with Crippen molar-refractivity contribution in [3.05, 3.63) is 30.3 Å². The molecule has 2 heterocycles. The molecule has 0 saturated carbocycles. The van der Waals surface area contributed by atoms with Crippen LogP contribution in [0.5, 0.6) is 0 Å². The quantitative estimate of drug-likeness (QED) is 0.630. The largest absolute Gasteiger partial charge is 0.317 e. The molecule has 8 heteroatoms. The number of rotatable bonds is 3. The summed E-state index contributed by atoms with van der Waals surface area (Å²) in [6, 6.07) is 8.30. The summed E-state index contributed by atoms with van der Waals surface area (Å²) in [5.74, 6) is 0.285. The molecule has 130 valence electrons. The summed E-state index contributed by atoms with van der Waals surface area (Å²) in [6.07, 6.45) is 3.95. The van der Waals surface area contributed by atoms with Crippen molar-refractivity contribution in [2.24, 2.45) is 15.5 Å². The Morgan fingerprint density at radius 3 is 2.71 bits per heavy atom. The first-order valence-corrected chi connectivity index (χ1v) is 9.69. The summed E-state index contributed by atoms with van der Waals surface area (Å²) >= 11 is 0. The highest BCUT2D eigenvalue weighted by Gasteiger charge is 2.38. The van der Waals surface area contributed by atoms with E-state index in [1.54, 1.807) is 35.3 Å². The highest BCUT2D eigenvalue weighted by Crippen LogP contribution is 2.32. The van der Waals surface area contributed by atoms with Crippen LogP contribution in [0.4, 0.5) is 0 Å². The van der Waals surface area contributed by atoms with Crippen molar-refractivity contribution < 1.29 is 8.42 Å². The minimum absolute atomic E-state index is 0.0119. The molecule has 24 heavy (non-hydrogen) atoms. The van der Waals surface area contributed by atoms with Crippen LogP contribution in [-0.4, -0.2) is 51.8 Å². The van der Waals surface area contributed by atoms with Gasteiger partial charge in [0.15, 0.2) is 0 Å². The molecule has 1 fully saturated rings. The lowest BCUT2D eigenvalue weighted by atomic mass is 9.81. The van der Waals surface area contributed by atoms with E-state index in [0.29, 0.717) is 13.1 Å². The molecule has 0 amide bonds. The summed E-state index contributed by atoms with van der Waals surface area (Å²) in [5, 5.41) is 9.45. The number of benzene rings is 1. The smallest absolute Gasteiger partial charge is 0.264 e. The third-order valence-corrected chi connectivity index (χ3v) is 5.71. The summed E-state index contributed by atoms with van der Waals surface area (Å²) in [6.45, 7) is 4.92. The average Bonchev–Trinajstić information content (AvgIpc) is 2.99. The number of nitrogens with one attached hydrogen (secondary N) is 2. The number of guanidine groups is 1. The van der Waals surface area contributed by atoms with E-state index in [2.05, 4.69) is 20.1 Å². The van der Waals surface area contributed by atoms with Crippen LogP contribution in [0.1, 0.15) is 19.8 Å². The van der Waals surface area contributed by atoms with E-state index in [0.717, 1.165) is 25.9 Å². The molecule has 7 nitrogen and oxygen atoms in total. The Morgan fingerprint density at radius 1 is 1.33 bits per heavy atom. The van der Waals surface area contributed by atoms with Crippen LogP contribution in [0.25, 0.3) is 0 Å². The van der Waals surface area contributed by atoms with Crippen molar-refractivity contribution in [3.63, 3.8) is 0 Å². The Hall–Kier alpha value is -1.93. The van der Waals surface area contributed by atoms with Gasteiger partial charge >= 0.3 is 0 Å². The molecule has 0 bridgehead atoms. The molecule has 0 aliphatic carbocycles. The van der Waals surface area contributed by atoms with Gasteiger partial charge in [-0.15, -0.1) is 0 Å². The fourth-order valence-corrected chi connectivity index (χ4v) is 4.05. The lowest BCUT2D eigenvalue weighted by Crippen LogP contribution is -2.45. The van der Waals surface area contributed by atoms with Gasteiger partial charge in [-0.3, -0.25) is 4.99 Å².